The highest BCUT2D eigenvalue weighted by atomic mass is 16.2. The Kier molecular flexibility index (Phi) is 4.72. The number of carbonyl (C=O) groups is 2. The minimum atomic E-state index is -0.416. The lowest BCUT2D eigenvalue weighted by molar-refractivity contribution is -0.128. The van der Waals surface area contributed by atoms with Gasteiger partial charge in [0.15, 0.2) is 5.82 Å². The molecular weight excluding hydrogens is 270 g/mol. The van der Waals surface area contributed by atoms with Crippen molar-refractivity contribution in [1.29, 1.82) is 0 Å². The zero-order valence-corrected chi connectivity index (χ0v) is 12.6. The summed E-state index contributed by atoms with van der Waals surface area (Å²) in [5.74, 6) is 0.973. The molecule has 1 aliphatic heterocycles. The van der Waals surface area contributed by atoms with Crippen molar-refractivity contribution in [2.75, 3.05) is 11.9 Å². The summed E-state index contributed by atoms with van der Waals surface area (Å²) in [7, 11) is 0. The number of nitrogens with zero attached hydrogens (tertiary/aromatic N) is 3. The molecule has 114 valence electrons. The van der Waals surface area contributed by atoms with E-state index in [9.17, 15) is 9.59 Å². The van der Waals surface area contributed by atoms with E-state index in [2.05, 4.69) is 20.6 Å². The van der Waals surface area contributed by atoms with Crippen LogP contribution in [-0.4, -0.2) is 39.4 Å². The van der Waals surface area contributed by atoms with Crippen LogP contribution in [0.25, 0.3) is 0 Å². The quantitative estimate of drug-likeness (QED) is 0.774. The predicted octanol–water partition coefficient (Wildman–Crippen LogP) is 1.44. The number of nitrogens with one attached hydrogen (secondary N) is 2. The van der Waals surface area contributed by atoms with E-state index in [1.54, 1.807) is 0 Å². The lowest BCUT2D eigenvalue weighted by Gasteiger charge is -2.13. The van der Waals surface area contributed by atoms with Gasteiger partial charge < -0.3 is 10.6 Å². The van der Waals surface area contributed by atoms with E-state index in [0.29, 0.717) is 18.1 Å². The molecule has 1 aromatic heterocycles. The van der Waals surface area contributed by atoms with E-state index in [4.69, 9.17) is 0 Å². The predicted molar refractivity (Wildman–Crippen MR) is 78.7 cm³/mol. The summed E-state index contributed by atoms with van der Waals surface area (Å²) in [4.78, 5) is 33.9. The van der Waals surface area contributed by atoms with Gasteiger partial charge in [0.25, 0.3) is 5.91 Å². The summed E-state index contributed by atoms with van der Waals surface area (Å²) >= 11 is 0. The van der Waals surface area contributed by atoms with E-state index in [0.717, 1.165) is 18.7 Å². The topological polar surface area (TPSA) is 87.2 Å². The Morgan fingerprint density at radius 3 is 2.76 bits per heavy atom. The highest BCUT2D eigenvalue weighted by Gasteiger charge is 2.37. The number of hydrogen-bond donors (Lipinski definition) is 2. The maximum absolute atomic E-state index is 12.2. The van der Waals surface area contributed by atoms with Crippen LogP contribution in [-0.2, 0) is 11.3 Å². The largest absolute Gasteiger partial charge is 0.370 e. The fourth-order valence-corrected chi connectivity index (χ4v) is 2.32. The second-order valence-electron chi connectivity index (χ2n) is 5.06. The first-order valence-corrected chi connectivity index (χ1v) is 7.25. The Balaban J connectivity index is 2.14. The third-order valence-corrected chi connectivity index (χ3v) is 3.24. The van der Waals surface area contributed by atoms with E-state index >= 15 is 0 Å². The summed E-state index contributed by atoms with van der Waals surface area (Å²) in [5, 5.41) is 5.81. The molecule has 3 amide bonds. The maximum Gasteiger partial charge on any atom is 0.325 e. The lowest BCUT2D eigenvalue weighted by atomic mass is 10.2. The van der Waals surface area contributed by atoms with E-state index < -0.39 is 6.04 Å². The summed E-state index contributed by atoms with van der Waals surface area (Å²) < 4.78 is 0. The number of aromatic nitrogens is 2. The standard InChI is InChI=1S/C14H21N5O2/c1-4-6-10-13(20)19(14(21)17-10)8-12-16-9(3)7-11(18-12)15-5-2/h7,10H,4-6,8H2,1-3H3,(H,17,21)(H,15,16,18). The molecule has 0 bridgehead atoms. The molecule has 1 unspecified atom stereocenters. The van der Waals surface area contributed by atoms with Crippen molar-refractivity contribution in [3.63, 3.8) is 0 Å². The molecule has 2 N–H and O–H groups in total. The second kappa shape index (κ2) is 6.51. The summed E-state index contributed by atoms with van der Waals surface area (Å²) in [6.07, 6.45) is 1.49. The maximum atomic E-state index is 12.2. The van der Waals surface area contributed by atoms with Crippen LogP contribution in [0.2, 0.25) is 0 Å². The average molecular weight is 291 g/mol. The SMILES string of the molecule is CCCC1NC(=O)N(Cc2nc(C)cc(NCC)n2)C1=O. The van der Waals surface area contributed by atoms with Gasteiger partial charge in [0.05, 0.1) is 6.54 Å². The van der Waals surface area contributed by atoms with Crippen molar-refractivity contribution in [2.24, 2.45) is 0 Å². The number of imide groups is 1. The Morgan fingerprint density at radius 1 is 1.33 bits per heavy atom. The third kappa shape index (κ3) is 3.48. The molecule has 1 atom stereocenters. The number of aryl methyl sites for hydroxylation is 1. The van der Waals surface area contributed by atoms with Crippen LogP contribution in [0.5, 0.6) is 0 Å². The monoisotopic (exact) mass is 291 g/mol. The van der Waals surface area contributed by atoms with Gasteiger partial charge in [-0.25, -0.2) is 14.8 Å². The minimum absolute atomic E-state index is 0.102. The first-order chi connectivity index (χ1) is 10.0. The van der Waals surface area contributed by atoms with Gasteiger partial charge in [0.1, 0.15) is 11.9 Å². The highest BCUT2D eigenvalue weighted by molar-refractivity contribution is 6.04. The summed E-state index contributed by atoms with van der Waals surface area (Å²) in [5.41, 5.74) is 0.799. The molecule has 7 heteroatoms. The first-order valence-electron chi connectivity index (χ1n) is 7.25. The molecule has 1 saturated heterocycles. The molecule has 7 nitrogen and oxygen atoms in total. The zero-order chi connectivity index (χ0) is 15.4. The van der Waals surface area contributed by atoms with Crippen molar-refractivity contribution >= 4 is 17.8 Å². The summed E-state index contributed by atoms with van der Waals surface area (Å²) in [6, 6.07) is 1.05. The molecule has 0 radical (unpaired) electrons. The van der Waals surface area contributed by atoms with Crippen LogP contribution in [0.4, 0.5) is 10.6 Å². The van der Waals surface area contributed by atoms with Gasteiger partial charge in [-0.3, -0.25) is 9.69 Å². The van der Waals surface area contributed by atoms with Gasteiger partial charge in [0.2, 0.25) is 0 Å². The molecule has 0 aromatic carbocycles. The first kappa shape index (κ1) is 15.2. The number of urea groups is 1. The Labute approximate surface area is 124 Å². The number of carbonyl (C=O) groups excluding carboxylic acids is 2. The fraction of sp³-hybridized carbons (Fsp3) is 0.571. The van der Waals surface area contributed by atoms with Crippen molar-refractivity contribution in [3.05, 3.63) is 17.6 Å². The fourth-order valence-electron chi connectivity index (χ4n) is 2.32. The van der Waals surface area contributed by atoms with Gasteiger partial charge >= 0.3 is 6.03 Å². The Bertz CT molecular complexity index is 546. The van der Waals surface area contributed by atoms with Crippen molar-refractivity contribution in [2.45, 2.75) is 46.2 Å². The molecule has 1 aromatic rings. The molecule has 2 heterocycles. The van der Waals surface area contributed by atoms with Crippen LogP contribution >= 0.6 is 0 Å². The van der Waals surface area contributed by atoms with Gasteiger partial charge in [-0.05, 0) is 20.3 Å². The van der Waals surface area contributed by atoms with E-state index in [1.807, 2.05) is 26.8 Å². The van der Waals surface area contributed by atoms with Crippen LogP contribution in [0.1, 0.15) is 38.2 Å². The molecule has 2 rings (SSSR count). The van der Waals surface area contributed by atoms with E-state index in [-0.39, 0.29) is 18.5 Å². The van der Waals surface area contributed by atoms with E-state index in [1.165, 1.54) is 4.90 Å². The van der Waals surface area contributed by atoms with Crippen molar-refractivity contribution in [1.82, 2.24) is 20.2 Å². The number of rotatable bonds is 6. The Morgan fingerprint density at radius 2 is 2.10 bits per heavy atom. The molecular formula is C14H21N5O2. The number of anilines is 1. The van der Waals surface area contributed by atoms with Crippen LogP contribution in [0.3, 0.4) is 0 Å². The number of amides is 3. The number of hydrogen-bond acceptors (Lipinski definition) is 5. The average Bonchev–Trinajstić information content (AvgIpc) is 2.67. The zero-order valence-electron chi connectivity index (χ0n) is 12.6. The molecule has 0 aliphatic carbocycles. The van der Waals surface area contributed by atoms with Crippen molar-refractivity contribution in [3.8, 4) is 0 Å². The molecule has 0 spiro atoms. The van der Waals surface area contributed by atoms with Gasteiger partial charge in [-0.2, -0.15) is 0 Å². The van der Waals surface area contributed by atoms with Crippen molar-refractivity contribution < 1.29 is 9.59 Å². The molecule has 1 aliphatic rings. The second-order valence-corrected chi connectivity index (χ2v) is 5.06. The summed E-state index contributed by atoms with van der Waals surface area (Å²) in [6.45, 7) is 6.67. The van der Waals surface area contributed by atoms with Crippen LogP contribution in [0.15, 0.2) is 6.07 Å². The molecule has 21 heavy (non-hydrogen) atoms. The highest BCUT2D eigenvalue weighted by Crippen LogP contribution is 2.14. The van der Waals surface area contributed by atoms with Gasteiger partial charge in [-0.15, -0.1) is 0 Å². The minimum Gasteiger partial charge on any atom is -0.370 e. The van der Waals surface area contributed by atoms with Gasteiger partial charge in [-0.1, -0.05) is 13.3 Å². The lowest BCUT2D eigenvalue weighted by Crippen LogP contribution is -2.31. The van der Waals surface area contributed by atoms with Crippen LogP contribution in [0, 0.1) is 6.92 Å². The third-order valence-electron chi connectivity index (χ3n) is 3.24. The molecule has 1 fully saturated rings. The van der Waals surface area contributed by atoms with Crippen LogP contribution < -0.4 is 10.6 Å². The molecule has 0 saturated carbocycles. The Hall–Kier alpha value is -2.18. The smallest absolute Gasteiger partial charge is 0.325 e. The normalized spacial score (nSPS) is 18.0. The van der Waals surface area contributed by atoms with Gasteiger partial charge in [0, 0.05) is 18.3 Å².